The lowest BCUT2D eigenvalue weighted by Gasteiger charge is -2.36. The molecule has 1 fully saturated rings. The monoisotopic (exact) mass is 409 g/mol. The Balaban J connectivity index is 1.54. The van der Waals surface area contributed by atoms with E-state index in [0.717, 1.165) is 13.1 Å². The summed E-state index contributed by atoms with van der Waals surface area (Å²) in [6, 6.07) is 11.8. The minimum absolute atomic E-state index is 0.0904. The first kappa shape index (κ1) is 20.4. The van der Waals surface area contributed by atoms with Crippen LogP contribution in [-0.2, 0) is 0 Å². The number of carbonyl (C=O) groups excluding carboxylic acids is 1. The average Bonchev–Trinajstić information content (AvgIpc) is 2.64. The molecular weight excluding hydrogens is 387 g/mol. The molecule has 0 radical (unpaired) electrons. The van der Waals surface area contributed by atoms with Crippen LogP contribution in [0.1, 0.15) is 11.1 Å². The van der Waals surface area contributed by atoms with Gasteiger partial charge in [-0.15, -0.1) is 0 Å². The van der Waals surface area contributed by atoms with Crippen LogP contribution in [0.3, 0.4) is 0 Å². The fraction of sp³-hybridized carbons (Fsp3) is 0.350. The summed E-state index contributed by atoms with van der Waals surface area (Å²) in [6.07, 6.45) is 0. The molecule has 8 heteroatoms. The third kappa shape index (κ3) is 5.34. The predicted molar refractivity (Wildman–Crippen MR) is 107 cm³/mol. The van der Waals surface area contributed by atoms with Gasteiger partial charge in [0.15, 0.2) is 0 Å². The molecule has 0 unspecified atom stereocenters. The number of amides is 2. The summed E-state index contributed by atoms with van der Waals surface area (Å²) in [5.74, 6) is 0. The van der Waals surface area contributed by atoms with Crippen molar-refractivity contribution in [1.29, 1.82) is 0 Å². The van der Waals surface area contributed by atoms with Crippen molar-refractivity contribution in [2.75, 3.05) is 36.4 Å². The van der Waals surface area contributed by atoms with Crippen LogP contribution in [0.4, 0.5) is 29.3 Å². The number of carbonyl (C=O) groups is 1. The highest BCUT2D eigenvalue weighted by molar-refractivity contribution is 8.00. The molecule has 1 aliphatic rings. The number of hydrogen-bond donors (Lipinski definition) is 1. The predicted octanol–water partition coefficient (Wildman–Crippen LogP) is 5.27. The number of nitrogens with zero attached hydrogens (tertiary/aromatic N) is 2. The number of urea groups is 1. The highest BCUT2D eigenvalue weighted by Crippen LogP contribution is 2.37. The minimum Gasteiger partial charge on any atom is -0.368 e. The van der Waals surface area contributed by atoms with Gasteiger partial charge in [-0.25, -0.2) is 4.79 Å². The second-order valence-corrected chi connectivity index (χ2v) is 7.90. The number of rotatable bonds is 3. The van der Waals surface area contributed by atoms with Crippen molar-refractivity contribution in [2.24, 2.45) is 0 Å². The van der Waals surface area contributed by atoms with Gasteiger partial charge in [0.1, 0.15) is 0 Å². The van der Waals surface area contributed by atoms with Crippen LogP contribution in [0.25, 0.3) is 0 Å². The summed E-state index contributed by atoms with van der Waals surface area (Å²) in [6.45, 7) is 6.78. The fourth-order valence-corrected chi connectivity index (χ4v) is 3.69. The molecular formula is C20H22F3N3OS. The molecule has 0 bridgehead atoms. The van der Waals surface area contributed by atoms with Gasteiger partial charge in [-0.1, -0.05) is 12.1 Å². The lowest BCUT2D eigenvalue weighted by Crippen LogP contribution is -2.50. The Hall–Kier alpha value is -2.35. The number of aryl methyl sites for hydroxylation is 2. The molecule has 0 atom stereocenters. The lowest BCUT2D eigenvalue weighted by atomic mass is 10.1. The number of nitrogens with one attached hydrogen (secondary N) is 1. The topological polar surface area (TPSA) is 35.6 Å². The first-order valence-electron chi connectivity index (χ1n) is 8.95. The molecule has 3 rings (SSSR count). The normalized spacial score (nSPS) is 14.9. The Bertz CT molecular complexity index is 832. The van der Waals surface area contributed by atoms with Crippen LogP contribution >= 0.6 is 11.8 Å². The Morgan fingerprint density at radius 2 is 1.64 bits per heavy atom. The van der Waals surface area contributed by atoms with Gasteiger partial charge in [0.05, 0.1) is 0 Å². The molecule has 0 spiro atoms. The van der Waals surface area contributed by atoms with Gasteiger partial charge in [-0.05, 0) is 67.1 Å². The zero-order chi connectivity index (χ0) is 20.3. The van der Waals surface area contributed by atoms with Crippen LogP contribution in [0.15, 0.2) is 47.4 Å². The summed E-state index contributed by atoms with van der Waals surface area (Å²) in [7, 11) is 0. The van der Waals surface area contributed by atoms with Crippen molar-refractivity contribution in [2.45, 2.75) is 24.3 Å². The molecule has 2 aromatic rings. The number of thioether (sulfide) groups is 1. The number of hydrogen-bond acceptors (Lipinski definition) is 3. The van der Waals surface area contributed by atoms with Crippen molar-refractivity contribution >= 4 is 29.2 Å². The largest absolute Gasteiger partial charge is 0.446 e. The van der Waals surface area contributed by atoms with E-state index >= 15 is 0 Å². The third-order valence-corrected chi connectivity index (χ3v) is 5.35. The molecule has 2 amide bonds. The maximum absolute atomic E-state index is 12.5. The summed E-state index contributed by atoms with van der Waals surface area (Å²) < 4.78 is 37.1. The Labute approximate surface area is 166 Å². The van der Waals surface area contributed by atoms with E-state index in [-0.39, 0.29) is 22.7 Å². The maximum atomic E-state index is 12.5. The molecule has 1 heterocycles. The van der Waals surface area contributed by atoms with Gasteiger partial charge in [-0.3, -0.25) is 0 Å². The Kier molecular flexibility index (Phi) is 6.07. The molecule has 150 valence electrons. The van der Waals surface area contributed by atoms with E-state index < -0.39 is 5.51 Å². The van der Waals surface area contributed by atoms with E-state index in [1.165, 1.54) is 41.1 Å². The number of piperazine rings is 1. The van der Waals surface area contributed by atoms with Gasteiger partial charge in [0.25, 0.3) is 0 Å². The van der Waals surface area contributed by atoms with E-state index in [0.29, 0.717) is 18.8 Å². The zero-order valence-electron chi connectivity index (χ0n) is 15.7. The van der Waals surface area contributed by atoms with Crippen LogP contribution < -0.4 is 10.2 Å². The molecule has 4 nitrogen and oxygen atoms in total. The van der Waals surface area contributed by atoms with Crippen LogP contribution in [0.5, 0.6) is 0 Å². The summed E-state index contributed by atoms with van der Waals surface area (Å²) in [5.41, 5.74) is -0.236. The van der Waals surface area contributed by atoms with Crippen LogP contribution in [0.2, 0.25) is 0 Å². The molecule has 2 aromatic carbocycles. The van der Waals surface area contributed by atoms with Gasteiger partial charge in [0, 0.05) is 42.4 Å². The van der Waals surface area contributed by atoms with Gasteiger partial charge in [0.2, 0.25) is 0 Å². The molecule has 1 aliphatic heterocycles. The molecule has 0 saturated carbocycles. The van der Waals surface area contributed by atoms with E-state index in [9.17, 15) is 18.0 Å². The SMILES string of the molecule is Cc1ccc(C)c(N2CCN(C(=O)Nc3ccc(SC(F)(F)F)cc3)CC2)c1. The standard InChI is InChI=1S/C20H22F3N3OS/c1-14-3-4-15(2)18(13-14)25-9-11-26(12-10-25)19(27)24-16-5-7-17(8-6-16)28-20(21,22)23/h3-8,13H,9-12H2,1-2H3,(H,24,27). The Morgan fingerprint density at radius 1 is 1.00 bits per heavy atom. The van der Waals surface area contributed by atoms with Crippen LogP contribution in [0, 0.1) is 13.8 Å². The first-order chi connectivity index (χ1) is 13.2. The fourth-order valence-electron chi connectivity index (χ4n) is 3.15. The van der Waals surface area contributed by atoms with Crippen LogP contribution in [-0.4, -0.2) is 42.6 Å². The van der Waals surface area contributed by atoms with Gasteiger partial charge >= 0.3 is 11.5 Å². The van der Waals surface area contributed by atoms with Crippen molar-refractivity contribution in [1.82, 2.24) is 4.90 Å². The maximum Gasteiger partial charge on any atom is 0.446 e. The number of anilines is 2. The second-order valence-electron chi connectivity index (χ2n) is 6.77. The highest BCUT2D eigenvalue weighted by Gasteiger charge is 2.29. The van der Waals surface area contributed by atoms with E-state index in [1.54, 1.807) is 4.90 Å². The zero-order valence-corrected chi connectivity index (χ0v) is 16.5. The van der Waals surface area contributed by atoms with Gasteiger partial charge < -0.3 is 15.1 Å². The average molecular weight is 409 g/mol. The first-order valence-corrected chi connectivity index (χ1v) is 9.77. The van der Waals surface area contributed by atoms with Gasteiger partial charge in [-0.2, -0.15) is 13.2 Å². The molecule has 1 saturated heterocycles. The summed E-state index contributed by atoms with van der Waals surface area (Å²) >= 11 is -0.172. The summed E-state index contributed by atoms with van der Waals surface area (Å²) in [5, 5.41) is 2.75. The number of benzene rings is 2. The Morgan fingerprint density at radius 3 is 2.25 bits per heavy atom. The highest BCUT2D eigenvalue weighted by atomic mass is 32.2. The molecule has 0 aromatic heterocycles. The van der Waals surface area contributed by atoms with Crippen molar-refractivity contribution in [3.8, 4) is 0 Å². The number of alkyl halides is 3. The molecule has 0 aliphatic carbocycles. The van der Waals surface area contributed by atoms with Crippen molar-refractivity contribution in [3.63, 3.8) is 0 Å². The second kappa shape index (κ2) is 8.34. The smallest absolute Gasteiger partial charge is 0.368 e. The van der Waals surface area contributed by atoms with E-state index in [4.69, 9.17) is 0 Å². The van der Waals surface area contributed by atoms with Crippen molar-refractivity contribution in [3.05, 3.63) is 53.6 Å². The number of halogens is 3. The van der Waals surface area contributed by atoms with E-state index in [1.807, 2.05) is 0 Å². The lowest BCUT2D eigenvalue weighted by molar-refractivity contribution is -0.0328. The van der Waals surface area contributed by atoms with E-state index in [2.05, 4.69) is 42.3 Å². The third-order valence-electron chi connectivity index (χ3n) is 4.61. The quantitative estimate of drug-likeness (QED) is 0.702. The minimum atomic E-state index is -4.32. The molecule has 28 heavy (non-hydrogen) atoms. The summed E-state index contributed by atoms with van der Waals surface area (Å²) in [4.78, 5) is 16.5. The van der Waals surface area contributed by atoms with Crippen molar-refractivity contribution < 1.29 is 18.0 Å². The molecule has 1 N–H and O–H groups in total.